The molecule has 0 aliphatic carbocycles. The van der Waals surface area contributed by atoms with Crippen molar-refractivity contribution in [3.63, 3.8) is 0 Å². The molecule has 1 aromatic rings. The molecule has 0 unspecified atom stereocenters. The van der Waals surface area contributed by atoms with E-state index in [-0.39, 0.29) is 5.91 Å². The van der Waals surface area contributed by atoms with Gasteiger partial charge in [0.15, 0.2) is 0 Å². The smallest absolute Gasteiger partial charge is 0.241 e. The zero-order valence-electron chi connectivity index (χ0n) is 12.2. The fraction of sp³-hybridized carbons (Fsp3) is 0.562. The molecule has 0 atom stereocenters. The van der Waals surface area contributed by atoms with Gasteiger partial charge in [0, 0.05) is 25.9 Å². The lowest BCUT2D eigenvalue weighted by molar-refractivity contribution is -0.129. The van der Waals surface area contributed by atoms with Gasteiger partial charge in [-0.25, -0.2) is 0 Å². The largest absolute Gasteiger partial charge is 0.380 e. The number of hydrogen-bond acceptors (Lipinski definition) is 3. The van der Waals surface area contributed by atoms with Crippen LogP contribution in [0.4, 0.5) is 5.69 Å². The first-order valence-corrected chi connectivity index (χ1v) is 7.39. The highest BCUT2D eigenvalue weighted by molar-refractivity contribution is 5.80. The van der Waals surface area contributed by atoms with E-state index in [2.05, 4.69) is 5.32 Å². The summed E-state index contributed by atoms with van der Waals surface area (Å²) < 4.78 is 5.11. The number of methoxy groups -OCH3 is 1. The molecular formula is C16H24N2O2. The van der Waals surface area contributed by atoms with E-state index in [1.165, 1.54) is 12.8 Å². The van der Waals surface area contributed by atoms with Gasteiger partial charge in [-0.1, -0.05) is 25.0 Å². The lowest BCUT2D eigenvalue weighted by Gasteiger charge is -2.20. The molecule has 1 aliphatic rings. The van der Waals surface area contributed by atoms with E-state index in [9.17, 15) is 4.79 Å². The number of ether oxygens (including phenoxy) is 1. The van der Waals surface area contributed by atoms with Gasteiger partial charge in [0.05, 0.1) is 13.2 Å². The van der Waals surface area contributed by atoms with Crippen molar-refractivity contribution in [3.05, 3.63) is 29.8 Å². The highest BCUT2D eigenvalue weighted by Crippen LogP contribution is 2.13. The zero-order chi connectivity index (χ0) is 14.2. The van der Waals surface area contributed by atoms with Crippen LogP contribution in [0.1, 0.15) is 31.2 Å². The zero-order valence-corrected chi connectivity index (χ0v) is 12.2. The molecule has 1 fully saturated rings. The summed E-state index contributed by atoms with van der Waals surface area (Å²) in [5.41, 5.74) is 2.09. The fourth-order valence-corrected chi connectivity index (χ4v) is 2.55. The average Bonchev–Trinajstić information content (AvgIpc) is 2.75. The maximum atomic E-state index is 12.2. The second-order valence-corrected chi connectivity index (χ2v) is 5.28. The van der Waals surface area contributed by atoms with Crippen LogP contribution in [0.5, 0.6) is 0 Å². The van der Waals surface area contributed by atoms with E-state index in [1.807, 2.05) is 29.2 Å². The molecule has 1 N–H and O–H groups in total. The standard InChI is InChI=1S/C16H24N2O2/c1-20-13-14-7-6-8-15(11-14)17-12-16(19)18-9-4-2-3-5-10-18/h6-8,11,17H,2-5,9-10,12-13H2,1H3. The van der Waals surface area contributed by atoms with Crippen LogP contribution in [0.2, 0.25) is 0 Å². The van der Waals surface area contributed by atoms with Crippen LogP contribution < -0.4 is 5.32 Å². The van der Waals surface area contributed by atoms with E-state index in [4.69, 9.17) is 4.74 Å². The molecule has 1 aromatic carbocycles. The molecule has 1 aliphatic heterocycles. The van der Waals surface area contributed by atoms with Gasteiger partial charge in [-0.05, 0) is 30.5 Å². The Morgan fingerprint density at radius 2 is 2.00 bits per heavy atom. The van der Waals surface area contributed by atoms with Crippen molar-refractivity contribution < 1.29 is 9.53 Å². The van der Waals surface area contributed by atoms with Crippen molar-refractivity contribution in [2.45, 2.75) is 32.3 Å². The highest BCUT2D eigenvalue weighted by Gasteiger charge is 2.14. The molecule has 4 heteroatoms. The van der Waals surface area contributed by atoms with Gasteiger partial charge in [0.25, 0.3) is 0 Å². The number of hydrogen-bond donors (Lipinski definition) is 1. The summed E-state index contributed by atoms with van der Waals surface area (Å²) in [6, 6.07) is 8.01. The van der Waals surface area contributed by atoms with Crippen LogP contribution in [0.25, 0.3) is 0 Å². The number of benzene rings is 1. The van der Waals surface area contributed by atoms with E-state index in [1.54, 1.807) is 7.11 Å². The van der Waals surface area contributed by atoms with Gasteiger partial charge in [-0.3, -0.25) is 4.79 Å². The number of anilines is 1. The molecule has 2 rings (SSSR count). The van der Waals surface area contributed by atoms with Crippen LogP contribution in [-0.2, 0) is 16.1 Å². The third-order valence-electron chi connectivity index (χ3n) is 3.64. The molecule has 20 heavy (non-hydrogen) atoms. The summed E-state index contributed by atoms with van der Waals surface area (Å²) >= 11 is 0. The summed E-state index contributed by atoms with van der Waals surface area (Å²) in [4.78, 5) is 14.2. The first kappa shape index (κ1) is 14.9. The van der Waals surface area contributed by atoms with Crippen LogP contribution in [0, 0.1) is 0 Å². The summed E-state index contributed by atoms with van der Waals surface area (Å²) in [7, 11) is 1.68. The molecule has 0 saturated carbocycles. The molecule has 1 heterocycles. The molecule has 1 amide bonds. The predicted octanol–water partition coefficient (Wildman–Crippen LogP) is 2.65. The molecule has 4 nitrogen and oxygen atoms in total. The third kappa shape index (κ3) is 4.53. The van der Waals surface area contributed by atoms with Gasteiger partial charge >= 0.3 is 0 Å². The first-order chi connectivity index (χ1) is 9.79. The normalized spacial score (nSPS) is 15.8. The Morgan fingerprint density at radius 3 is 2.70 bits per heavy atom. The Bertz CT molecular complexity index is 426. The Morgan fingerprint density at radius 1 is 1.25 bits per heavy atom. The summed E-state index contributed by atoms with van der Waals surface area (Å²) in [6.45, 7) is 2.78. The monoisotopic (exact) mass is 276 g/mol. The Labute approximate surface area is 121 Å². The molecule has 0 radical (unpaired) electrons. The molecule has 0 aromatic heterocycles. The number of rotatable bonds is 5. The van der Waals surface area contributed by atoms with Crippen molar-refractivity contribution in [2.75, 3.05) is 32.1 Å². The fourth-order valence-electron chi connectivity index (χ4n) is 2.55. The lowest BCUT2D eigenvalue weighted by atomic mass is 10.2. The van der Waals surface area contributed by atoms with Gasteiger partial charge in [0.1, 0.15) is 0 Å². The summed E-state index contributed by atoms with van der Waals surface area (Å²) in [5.74, 6) is 0.198. The average molecular weight is 276 g/mol. The van der Waals surface area contributed by atoms with Crippen LogP contribution >= 0.6 is 0 Å². The van der Waals surface area contributed by atoms with Crippen molar-refractivity contribution in [2.24, 2.45) is 0 Å². The summed E-state index contributed by atoms with van der Waals surface area (Å²) in [5, 5.41) is 3.21. The van der Waals surface area contributed by atoms with Crippen molar-refractivity contribution in [1.29, 1.82) is 0 Å². The van der Waals surface area contributed by atoms with E-state index < -0.39 is 0 Å². The minimum atomic E-state index is 0.198. The highest BCUT2D eigenvalue weighted by atomic mass is 16.5. The van der Waals surface area contributed by atoms with Crippen LogP contribution in [0.3, 0.4) is 0 Å². The van der Waals surface area contributed by atoms with Gasteiger partial charge in [-0.15, -0.1) is 0 Å². The molecule has 1 saturated heterocycles. The molecule has 0 spiro atoms. The van der Waals surface area contributed by atoms with Crippen molar-refractivity contribution in [3.8, 4) is 0 Å². The Kier molecular flexibility index (Phi) is 5.87. The Hall–Kier alpha value is -1.55. The van der Waals surface area contributed by atoms with Crippen molar-refractivity contribution >= 4 is 11.6 Å². The quantitative estimate of drug-likeness (QED) is 0.899. The number of carbonyl (C=O) groups excluding carboxylic acids is 1. The number of carbonyl (C=O) groups is 1. The maximum Gasteiger partial charge on any atom is 0.241 e. The maximum absolute atomic E-state index is 12.2. The second kappa shape index (κ2) is 7.90. The van der Waals surface area contributed by atoms with Gasteiger partial charge in [0.2, 0.25) is 5.91 Å². The van der Waals surface area contributed by atoms with Gasteiger partial charge in [-0.2, -0.15) is 0 Å². The van der Waals surface area contributed by atoms with E-state index >= 15 is 0 Å². The SMILES string of the molecule is COCc1cccc(NCC(=O)N2CCCCCC2)c1. The summed E-state index contributed by atoms with van der Waals surface area (Å²) in [6.07, 6.45) is 4.76. The number of likely N-dealkylation sites (tertiary alicyclic amines) is 1. The predicted molar refractivity (Wildman–Crippen MR) is 80.7 cm³/mol. The topological polar surface area (TPSA) is 41.6 Å². The minimum absolute atomic E-state index is 0.198. The number of amides is 1. The van der Waals surface area contributed by atoms with Gasteiger partial charge < -0.3 is 15.0 Å². The Balaban J connectivity index is 1.84. The minimum Gasteiger partial charge on any atom is -0.380 e. The van der Waals surface area contributed by atoms with E-state index in [0.717, 1.165) is 37.2 Å². The molecule has 110 valence electrons. The molecular weight excluding hydrogens is 252 g/mol. The van der Waals surface area contributed by atoms with Crippen molar-refractivity contribution in [1.82, 2.24) is 4.90 Å². The molecule has 0 bridgehead atoms. The van der Waals surface area contributed by atoms with Crippen LogP contribution in [0.15, 0.2) is 24.3 Å². The lowest BCUT2D eigenvalue weighted by Crippen LogP contribution is -2.36. The first-order valence-electron chi connectivity index (χ1n) is 7.39. The number of nitrogens with zero attached hydrogens (tertiary/aromatic N) is 1. The number of nitrogens with one attached hydrogen (secondary N) is 1. The third-order valence-corrected chi connectivity index (χ3v) is 3.64. The van der Waals surface area contributed by atoms with E-state index in [0.29, 0.717) is 13.2 Å². The second-order valence-electron chi connectivity index (χ2n) is 5.28. The van der Waals surface area contributed by atoms with Crippen LogP contribution in [-0.4, -0.2) is 37.6 Å².